The van der Waals surface area contributed by atoms with Gasteiger partial charge in [-0.05, 0) is 37.6 Å². The summed E-state index contributed by atoms with van der Waals surface area (Å²) in [6, 6.07) is 5.23. The van der Waals surface area contributed by atoms with Crippen molar-refractivity contribution in [2.45, 2.75) is 33.0 Å². The first-order valence-electron chi connectivity index (χ1n) is 13.8. The largest absolute Gasteiger partial charge is 0.491 e. The van der Waals surface area contributed by atoms with Crippen LogP contribution in [0.3, 0.4) is 0 Å². The highest BCUT2D eigenvalue weighted by molar-refractivity contribution is 6.04. The lowest BCUT2D eigenvalue weighted by Gasteiger charge is -2.29. The maximum absolute atomic E-state index is 14.0. The van der Waals surface area contributed by atoms with E-state index in [0.717, 1.165) is 48.1 Å². The number of benzene rings is 1. The van der Waals surface area contributed by atoms with Crippen molar-refractivity contribution in [1.29, 1.82) is 0 Å². The van der Waals surface area contributed by atoms with Gasteiger partial charge < -0.3 is 19.5 Å². The van der Waals surface area contributed by atoms with Gasteiger partial charge in [-0.2, -0.15) is 18.3 Å². The number of hydrogen-bond acceptors (Lipinski definition) is 8. The SMILES string of the molecule is Cc1cc(CC2COc3c(cc(Cn4ccnc4C)cc3-c3cn(C)nc3C(F)(F)F)C2=O)nc(N2CCNCC2)n1. The fourth-order valence-electron chi connectivity index (χ4n) is 5.59. The molecule has 10 nitrogen and oxygen atoms in total. The number of fused-ring (bicyclic) bond motifs is 1. The van der Waals surface area contributed by atoms with Gasteiger partial charge in [0.1, 0.15) is 11.6 Å². The van der Waals surface area contributed by atoms with Crippen LogP contribution in [-0.2, 0) is 26.2 Å². The molecule has 0 aliphatic carbocycles. The van der Waals surface area contributed by atoms with Crippen LogP contribution in [0.15, 0.2) is 36.8 Å². The molecule has 220 valence electrons. The van der Waals surface area contributed by atoms with E-state index in [4.69, 9.17) is 9.72 Å². The Morgan fingerprint density at radius 3 is 2.55 bits per heavy atom. The number of ether oxygens (including phenoxy) is 1. The average molecular weight is 581 g/mol. The van der Waals surface area contributed by atoms with Gasteiger partial charge >= 0.3 is 6.18 Å². The van der Waals surface area contributed by atoms with Crippen LogP contribution in [0, 0.1) is 19.8 Å². The molecule has 0 saturated carbocycles. The van der Waals surface area contributed by atoms with E-state index in [-0.39, 0.29) is 34.8 Å². The summed E-state index contributed by atoms with van der Waals surface area (Å²) < 4.78 is 51.1. The molecule has 1 aromatic carbocycles. The second-order valence-corrected chi connectivity index (χ2v) is 10.8. The molecule has 2 aliphatic rings. The van der Waals surface area contributed by atoms with Gasteiger partial charge in [0.25, 0.3) is 0 Å². The number of aromatic nitrogens is 6. The number of ketones is 1. The van der Waals surface area contributed by atoms with Gasteiger partial charge in [-0.3, -0.25) is 9.48 Å². The van der Waals surface area contributed by atoms with Crippen molar-refractivity contribution < 1.29 is 22.7 Å². The molecule has 1 saturated heterocycles. The summed E-state index contributed by atoms with van der Waals surface area (Å²) in [6.45, 7) is 7.34. The first-order chi connectivity index (χ1) is 20.1. The van der Waals surface area contributed by atoms with Crippen LogP contribution in [0.1, 0.15) is 38.8 Å². The summed E-state index contributed by atoms with van der Waals surface area (Å²) >= 11 is 0. The van der Waals surface area contributed by atoms with E-state index in [1.165, 1.54) is 13.2 Å². The molecule has 0 bridgehead atoms. The van der Waals surface area contributed by atoms with Crippen molar-refractivity contribution in [2.75, 3.05) is 37.7 Å². The molecule has 0 amide bonds. The smallest absolute Gasteiger partial charge is 0.435 e. The van der Waals surface area contributed by atoms with Crippen molar-refractivity contribution in [3.05, 3.63) is 70.8 Å². The zero-order chi connectivity index (χ0) is 29.6. The summed E-state index contributed by atoms with van der Waals surface area (Å²) in [6.07, 6.45) is 0.385. The number of alkyl halides is 3. The quantitative estimate of drug-likeness (QED) is 0.369. The Morgan fingerprint density at radius 2 is 1.83 bits per heavy atom. The van der Waals surface area contributed by atoms with E-state index < -0.39 is 17.8 Å². The van der Waals surface area contributed by atoms with Gasteiger partial charge in [0, 0.05) is 87.3 Å². The molecule has 2 aliphatic heterocycles. The molecule has 0 spiro atoms. The minimum atomic E-state index is -4.69. The Morgan fingerprint density at radius 1 is 1.07 bits per heavy atom. The Kier molecular flexibility index (Phi) is 7.21. The fraction of sp³-hybridized carbons (Fsp3) is 0.414. The van der Waals surface area contributed by atoms with Gasteiger partial charge in [0.15, 0.2) is 11.5 Å². The zero-order valence-corrected chi connectivity index (χ0v) is 23.6. The molecular weight excluding hydrogens is 549 g/mol. The molecule has 42 heavy (non-hydrogen) atoms. The second kappa shape index (κ2) is 10.9. The van der Waals surface area contributed by atoms with Crippen LogP contribution in [0.4, 0.5) is 19.1 Å². The van der Waals surface area contributed by atoms with Crippen molar-refractivity contribution in [3.8, 4) is 16.9 Å². The first-order valence-corrected chi connectivity index (χ1v) is 13.8. The maximum atomic E-state index is 14.0. The lowest BCUT2D eigenvalue weighted by molar-refractivity contribution is -0.140. The van der Waals surface area contributed by atoms with E-state index in [0.29, 0.717) is 24.5 Å². The molecule has 1 N–H and O–H groups in total. The fourth-order valence-corrected chi connectivity index (χ4v) is 5.59. The third kappa shape index (κ3) is 5.48. The summed E-state index contributed by atoms with van der Waals surface area (Å²) in [5.74, 6) is 0.760. The minimum absolute atomic E-state index is 0.0203. The predicted molar refractivity (Wildman–Crippen MR) is 149 cm³/mol. The van der Waals surface area contributed by atoms with Crippen LogP contribution >= 0.6 is 0 Å². The van der Waals surface area contributed by atoms with Gasteiger partial charge in [0.2, 0.25) is 5.95 Å². The van der Waals surface area contributed by atoms with E-state index in [1.54, 1.807) is 24.5 Å². The number of Topliss-reactive ketones (excluding diaryl/α,β-unsaturated/α-hetero) is 1. The normalized spacial score (nSPS) is 17.3. The van der Waals surface area contributed by atoms with Crippen LogP contribution in [0.2, 0.25) is 0 Å². The Labute approximate surface area is 240 Å². The number of halogens is 3. The molecular formula is C29H31F3N8O2. The lowest BCUT2D eigenvalue weighted by Crippen LogP contribution is -2.44. The van der Waals surface area contributed by atoms with Crippen LogP contribution in [0.5, 0.6) is 5.75 Å². The molecule has 13 heteroatoms. The third-order valence-corrected chi connectivity index (χ3v) is 7.63. The van der Waals surface area contributed by atoms with Crippen molar-refractivity contribution in [1.82, 2.24) is 34.6 Å². The first kappa shape index (κ1) is 27.9. The molecule has 1 unspecified atom stereocenters. The maximum Gasteiger partial charge on any atom is 0.435 e. The number of hydrogen-bond donors (Lipinski definition) is 1. The summed E-state index contributed by atoms with van der Waals surface area (Å²) in [5.41, 5.74) is 1.45. The van der Waals surface area contributed by atoms with E-state index in [2.05, 4.69) is 25.3 Å². The summed E-state index contributed by atoms with van der Waals surface area (Å²) in [5, 5.41) is 7.00. The van der Waals surface area contributed by atoms with Crippen molar-refractivity contribution in [2.24, 2.45) is 13.0 Å². The van der Waals surface area contributed by atoms with Gasteiger partial charge in [0.05, 0.1) is 18.1 Å². The highest BCUT2D eigenvalue weighted by atomic mass is 19.4. The van der Waals surface area contributed by atoms with Crippen LogP contribution in [0.25, 0.3) is 11.1 Å². The Bertz CT molecular complexity index is 1640. The topological polar surface area (TPSA) is 103 Å². The number of imidazole rings is 1. The minimum Gasteiger partial charge on any atom is -0.491 e. The number of nitrogens with one attached hydrogen (secondary N) is 1. The standard InChI is InChI=1S/C29H31F3N8O2/c1-17-10-21(36-28(35-17)39-7-4-33-5-8-39)13-20-16-42-26-22(24-15-38(3)37-27(24)29(30,31)32)11-19(12-23(26)25(20)41)14-40-9-6-34-18(40)2/h6,9-12,15,20,33H,4-5,7-8,13-14,16H2,1-3H3. The van der Waals surface area contributed by atoms with Gasteiger partial charge in [-0.15, -0.1) is 0 Å². The number of carbonyl (C=O) groups is 1. The van der Waals surface area contributed by atoms with Gasteiger partial charge in [-0.25, -0.2) is 15.0 Å². The third-order valence-electron chi connectivity index (χ3n) is 7.63. The number of aryl methyl sites for hydroxylation is 3. The number of anilines is 1. The van der Waals surface area contributed by atoms with Gasteiger partial charge in [-0.1, -0.05) is 0 Å². The predicted octanol–water partition coefficient (Wildman–Crippen LogP) is 3.60. The average Bonchev–Trinajstić information content (AvgIpc) is 3.55. The van der Waals surface area contributed by atoms with E-state index >= 15 is 0 Å². The van der Waals surface area contributed by atoms with Crippen molar-refractivity contribution >= 4 is 11.7 Å². The zero-order valence-electron chi connectivity index (χ0n) is 23.6. The Hall–Kier alpha value is -4.26. The van der Waals surface area contributed by atoms with E-state index in [9.17, 15) is 18.0 Å². The monoisotopic (exact) mass is 580 g/mol. The second-order valence-electron chi connectivity index (χ2n) is 10.8. The highest BCUT2D eigenvalue weighted by Gasteiger charge is 2.40. The number of rotatable bonds is 6. The summed E-state index contributed by atoms with van der Waals surface area (Å²) in [7, 11) is 1.43. The van der Waals surface area contributed by atoms with E-state index in [1.807, 2.05) is 24.5 Å². The summed E-state index contributed by atoms with van der Waals surface area (Å²) in [4.78, 5) is 29.7. The molecule has 6 rings (SSSR count). The van der Waals surface area contributed by atoms with Crippen molar-refractivity contribution in [3.63, 3.8) is 0 Å². The highest BCUT2D eigenvalue weighted by Crippen LogP contribution is 2.44. The van der Waals surface area contributed by atoms with Crippen LogP contribution < -0.4 is 15.0 Å². The number of nitrogens with zero attached hydrogens (tertiary/aromatic N) is 7. The molecule has 1 atom stereocenters. The molecule has 0 radical (unpaired) electrons. The Balaban J connectivity index is 1.38. The molecule has 4 aromatic rings. The van der Waals surface area contributed by atoms with Crippen LogP contribution in [-0.4, -0.2) is 67.9 Å². The number of piperazine rings is 1. The molecule has 1 fully saturated rings. The molecule has 3 aromatic heterocycles. The lowest BCUT2D eigenvalue weighted by atomic mass is 9.87. The number of carbonyl (C=O) groups excluding carboxylic acids is 1. The molecule has 5 heterocycles.